The van der Waals surface area contributed by atoms with E-state index in [0.29, 0.717) is 30.7 Å². The second-order valence-electron chi connectivity index (χ2n) is 4.92. The fraction of sp³-hybridized carbons (Fsp3) is 1.00. The van der Waals surface area contributed by atoms with Crippen LogP contribution in [-0.2, 0) is 0 Å². The van der Waals surface area contributed by atoms with Crippen molar-refractivity contribution < 1.29 is 5.11 Å². The quantitative estimate of drug-likeness (QED) is 0.701. The molecular formula is C11H24N2O. The molecule has 2 N–H and O–H groups in total. The van der Waals surface area contributed by atoms with Crippen LogP contribution in [0.25, 0.3) is 0 Å². The third-order valence-corrected chi connectivity index (χ3v) is 2.98. The van der Waals surface area contributed by atoms with Crippen molar-refractivity contribution in [2.24, 2.45) is 5.92 Å². The van der Waals surface area contributed by atoms with Crippen LogP contribution in [-0.4, -0.2) is 47.8 Å². The summed E-state index contributed by atoms with van der Waals surface area (Å²) >= 11 is 0. The van der Waals surface area contributed by atoms with Gasteiger partial charge in [0.15, 0.2) is 0 Å². The standard InChI is InChI=1S/C11H24N2O/c1-8(2)12-11-6-13(9(3)4)5-10(11)7-14/h8-12,14H,5-7H2,1-4H3/t10-,11+/m0/s1. The number of hydrogen-bond acceptors (Lipinski definition) is 3. The molecule has 0 aromatic rings. The van der Waals surface area contributed by atoms with E-state index in [2.05, 4.69) is 37.9 Å². The molecule has 0 aliphatic carbocycles. The van der Waals surface area contributed by atoms with Gasteiger partial charge in [-0.3, -0.25) is 4.90 Å². The number of aliphatic hydroxyl groups is 1. The van der Waals surface area contributed by atoms with Crippen molar-refractivity contribution in [2.45, 2.75) is 45.8 Å². The molecule has 0 amide bonds. The van der Waals surface area contributed by atoms with Crippen LogP contribution in [0.4, 0.5) is 0 Å². The van der Waals surface area contributed by atoms with Crippen molar-refractivity contribution in [3.63, 3.8) is 0 Å². The lowest BCUT2D eigenvalue weighted by molar-refractivity contribution is 0.199. The molecule has 0 unspecified atom stereocenters. The van der Waals surface area contributed by atoms with Gasteiger partial charge in [-0.2, -0.15) is 0 Å². The predicted molar refractivity (Wildman–Crippen MR) is 59.3 cm³/mol. The van der Waals surface area contributed by atoms with E-state index in [-0.39, 0.29) is 0 Å². The van der Waals surface area contributed by atoms with E-state index in [0.717, 1.165) is 13.1 Å². The molecule has 0 bridgehead atoms. The summed E-state index contributed by atoms with van der Waals surface area (Å²) in [6.07, 6.45) is 0. The van der Waals surface area contributed by atoms with Gasteiger partial charge < -0.3 is 10.4 Å². The Balaban J connectivity index is 2.49. The molecule has 2 atom stereocenters. The highest BCUT2D eigenvalue weighted by molar-refractivity contribution is 4.90. The Bertz CT molecular complexity index is 171. The summed E-state index contributed by atoms with van der Waals surface area (Å²) in [5.41, 5.74) is 0. The van der Waals surface area contributed by atoms with Gasteiger partial charge in [0, 0.05) is 43.7 Å². The van der Waals surface area contributed by atoms with Crippen LogP contribution in [0.2, 0.25) is 0 Å². The molecule has 1 aliphatic rings. The van der Waals surface area contributed by atoms with Crippen LogP contribution in [0.15, 0.2) is 0 Å². The molecule has 0 aromatic carbocycles. The molecule has 1 saturated heterocycles. The number of aliphatic hydroxyl groups excluding tert-OH is 1. The van der Waals surface area contributed by atoms with Gasteiger partial charge >= 0.3 is 0 Å². The Morgan fingerprint density at radius 2 is 1.93 bits per heavy atom. The molecule has 14 heavy (non-hydrogen) atoms. The van der Waals surface area contributed by atoms with Gasteiger partial charge in [-0.1, -0.05) is 13.8 Å². The van der Waals surface area contributed by atoms with Crippen molar-refractivity contribution in [3.05, 3.63) is 0 Å². The van der Waals surface area contributed by atoms with E-state index in [9.17, 15) is 5.11 Å². The topological polar surface area (TPSA) is 35.5 Å². The van der Waals surface area contributed by atoms with Gasteiger partial charge in [0.2, 0.25) is 0 Å². The van der Waals surface area contributed by atoms with Gasteiger partial charge in [-0.05, 0) is 13.8 Å². The average Bonchev–Trinajstić information content (AvgIpc) is 2.46. The minimum atomic E-state index is 0.299. The minimum Gasteiger partial charge on any atom is -0.396 e. The fourth-order valence-electron chi connectivity index (χ4n) is 2.13. The van der Waals surface area contributed by atoms with Crippen molar-refractivity contribution in [2.75, 3.05) is 19.7 Å². The summed E-state index contributed by atoms with van der Waals surface area (Å²) in [6, 6.07) is 1.55. The van der Waals surface area contributed by atoms with Crippen LogP contribution < -0.4 is 5.32 Å². The normalized spacial score (nSPS) is 29.4. The molecule has 1 aliphatic heterocycles. The number of nitrogens with zero attached hydrogens (tertiary/aromatic N) is 1. The molecule has 0 aromatic heterocycles. The van der Waals surface area contributed by atoms with Crippen LogP contribution >= 0.6 is 0 Å². The Morgan fingerprint density at radius 1 is 1.29 bits per heavy atom. The lowest BCUT2D eigenvalue weighted by atomic mass is 10.0. The summed E-state index contributed by atoms with van der Waals surface area (Å²) in [4.78, 5) is 2.43. The van der Waals surface area contributed by atoms with Gasteiger partial charge in [0.1, 0.15) is 0 Å². The largest absolute Gasteiger partial charge is 0.396 e. The number of likely N-dealkylation sites (tertiary alicyclic amines) is 1. The molecule has 0 saturated carbocycles. The molecule has 3 heteroatoms. The van der Waals surface area contributed by atoms with E-state index in [1.807, 2.05) is 0 Å². The third kappa shape index (κ3) is 2.94. The molecule has 84 valence electrons. The van der Waals surface area contributed by atoms with E-state index < -0.39 is 0 Å². The van der Waals surface area contributed by atoms with Crippen LogP contribution in [0.5, 0.6) is 0 Å². The number of rotatable bonds is 4. The average molecular weight is 200 g/mol. The fourth-order valence-corrected chi connectivity index (χ4v) is 2.13. The maximum absolute atomic E-state index is 9.28. The van der Waals surface area contributed by atoms with E-state index in [4.69, 9.17) is 0 Å². The number of hydrogen-bond donors (Lipinski definition) is 2. The van der Waals surface area contributed by atoms with Crippen molar-refractivity contribution >= 4 is 0 Å². The van der Waals surface area contributed by atoms with Crippen molar-refractivity contribution in [1.82, 2.24) is 10.2 Å². The Hall–Kier alpha value is -0.120. The molecule has 1 heterocycles. The van der Waals surface area contributed by atoms with Gasteiger partial charge in [0.05, 0.1) is 0 Å². The Morgan fingerprint density at radius 3 is 2.36 bits per heavy atom. The Kier molecular flexibility index (Phi) is 4.35. The lowest BCUT2D eigenvalue weighted by Crippen LogP contribution is -2.41. The first-order valence-corrected chi connectivity index (χ1v) is 5.65. The van der Waals surface area contributed by atoms with Crippen LogP contribution in [0.1, 0.15) is 27.7 Å². The first kappa shape index (κ1) is 12.0. The summed E-state index contributed by atoms with van der Waals surface area (Å²) in [7, 11) is 0. The maximum Gasteiger partial charge on any atom is 0.0486 e. The molecule has 3 nitrogen and oxygen atoms in total. The zero-order valence-electron chi connectivity index (χ0n) is 9.83. The first-order chi connectivity index (χ1) is 6.54. The van der Waals surface area contributed by atoms with Crippen LogP contribution in [0.3, 0.4) is 0 Å². The zero-order valence-corrected chi connectivity index (χ0v) is 9.83. The first-order valence-electron chi connectivity index (χ1n) is 5.65. The summed E-state index contributed by atoms with van der Waals surface area (Å²) in [5, 5.41) is 12.8. The summed E-state index contributed by atoms with van der Waals surface area (Å²) < 4.78 is 0. The number of nitrogens with one attached hydrogen (secondary N) is 1. The second-order valence-corrected chi connectivity index (χ2v) is 4.92. The highest BCUT2D eigenvalue weighted by atomic mass is 16.3. The van der Waals surface area contributed by atoms with Gasteiger partial charge in [-0.25, -0.2) is 0 Å². The summed E-state index contributed by atoms with van der Waals surface area (Å²) in [6.45, 7) is 11.1. The smallest absolute Gasteiger partial charge is 0.0486 e. The molecule has 0 radical (unpaired) electrons. The Labute approximate surface area is 87.5 Å². The monoisotopic (exact) mass is 200 g/mol. The second kappa shape index (κ2) is 5.10. The van der Waals surface area contributed by atoms with E-state index >= 15 is 0 Å². The SMILES string of the molecule is CC(C)N[C@@H]1CN(C(C)C)C[C@H]1CO. The molecule has 1 fully saturated rings. The van der Waals surface area contributed by atoms with E-state index in [1.165, 1.54) is 0 Å². The molecule has 0 spiro atoms. The molecular weight excluding hydrogens is 176 g/mol. The highest BCUT2D eigenvalue weighted by Gasteiger charge is 2.33. The van der Waals surface area contributed by atoms with Gasteiger partial charge in [0.25, 0.3) is 0 Å². The van der Waals surface area contributed by atoms with Gasteiger partial charge in [-0.15, -0.1) is 0 Å². The van der Waals surface area contributed by atoms with Crippen molar-refractivity contribution in [3.8, 4) is 0 Å². The van der Waals surface area contributed by atoms with E-state index in [1.54, 1.807) is 0 Å². The molecule has 1 rings (SSSR count). The highest BCUT2D eigenvalue weighted by Crippen LogP contribution is 2.19. The minimum absolute atomic E-state index is 0.299. The van der Waals surface area contributed by atoms with Crippen LogP contribution in [0, 0.1) is 5.92 Å². The zero-order chi connectivity index (χ0) is 10.7. The third-order valence-electron chi connectivity index (χ3n) is 2.98. The van der Waals surface area contributed by atoms with Crippen molar-refractivity contribution in [1.29, 1.82) is 0 Å². The maximum atomic E-state index is 9.28. The summed E-state index contributed by atoms with van der Waals surface area (Å²) in [5.74, 6) is 0.403. The lowest BCUT2D eigenvalue weighted by Gasteiger charge is -2.21. The predicted octanol–water partition coefficient (Wildman–Crippen LogP) is 0.685.